The van der Waals surface area contributed by atoms with Crippen LogP contribution in [0, 0.1) is 29.6 Å². The highest BCUT2D eigenvalue weighted by Crippen LogP contribution is 2.17. The van der Waals surface area contributed by atoms with Gasteiger partial charge >= 0.3 is 11.9 Å². The lowest BCUT2D eigenvalue weighted by Crippen LogP contribution is -2.64. The van der Waals surface area contributed by atoms with Gasteiger partial charge in [0.2, 0.25) is 94.5 Å². The lowest BCUT2D eigenvalue weighted by Gasteiger charge is -2.30. The van der Waals surface area contributed by atoms with Crippen LogP contribution in [0.2, 0.25) is 0 Å². The third kappa shape index (κ3) is 37.6. The maximum absolute atomic E-state index is 14.4. The van der Waals surface area contributed by atoms with Gasteiger partial charge in [0.25, 0.3) is 0 Å². The van der Waals surface area contributed by atoms with Gasteiger partial charge in [-0.2, -0.15) is 25.3 Å². The van der Waals surface area contributed by atoms with Crippen LogP contribution in [0.15, 0.2) is 0 Å². The smallest absolute Gasteiger partial charge is 0.327 e. The Morgan fingerprint density at radius 3 is 1.04 bits per heavy atom. The third-order valence-electron chi connectivity index (χ3n) is 17.8. The number of carboxylic acid groups (broad SMARTS) is 2. The van der Waals surface area contributed by atoms with Gasteiger partial charge in [0.05, 0.1) is 44.1 Å². The number of hydrogen-bond acceptors (Lipinski definition) is 25. The standard InChI is InChI=1S/C70H122N18O23S2/c1-13-35(10)53(67(107)85-49(30-113)70(110)111)86-57(97)39(17-14-15-19-71)75-58(98)40(21-31(2)3)79-63(103)46(27-52(94)95)82-66(106)48(29-112)84-68(108)54(36(11)90)88-69(109)55(37(12)91)87-64(104)45(26-51(73)93)80-61(101)43(24-34(8)9)77-59(99)41(22-32(4)5)76-60(100)42(23-33(6)7)78-62(102)44(25-50(72)92)81-65(105)47(28-89)83-56(96)38-18-16-20-74-38/h31-49,53-55,74,89-91,112-113H,13-30,71H2,1-12H3,(H2,72,92)(H2,73,93)(H,75,98)(H,76,100)(H,77,99)(H,78,102)(H,79,103)(H,80,101)(H,81,105)(H,82,106)(H,83,96)(H,84,108)(H,85,107)(H,86,97)(H,87,104)(H,88,109)(H,94,95)(H,110,111)/t35-,36+,37+,38-,39-,40-,41-,42-,43-,44-,45-,46-,47-,48-,49-,53-,54-,55-/m0/s1. The van der Waals surface area contributed by atoms with Crippen LogP contribution in [0.4, 0.5) is 0 Å². The van der Waals surface area contributed by atoms with Crippen molar-refractivity contribution in [2.24, 2.45) is 46.8 Å². The highest BCUT2D eigenvalue weighted by atomic mass is 32.1. The molecule has 0 unspecified atom stereocenters. The molecule has 1 heterocycles. The van der Waals surface area contributed by atoms with Crippen LogP contribution in [0.25, 0.3) is 0 Å². The van der Waals surface area contributed by atoms with Crippen LogP contribution >= 0.6 is 25.3 Å². The second-order valence-electron chi connectivity index (χ2n) is 29.8. The molecule has 113 heavy (non-hydrogen) atoms. The molecule has 1 fully saturated rings. The Labute approximate surface area is 667 Å². The average molecular weight is 1650 g/mol. The summed E-state index contributed by atoms with van der Waals surface area (Å²) in [7, 11) is 0. The summed E-state index contributed by atoms with van der Waals surface area (Å²) < 4.78 is 0. The summed E-state index contributed by atoms with van der Waals surface area (Å²) in [6.07, 6.45) is -5.02. The van der Waals surface area contributed by atoms with Crippen LogP contribution in [-0.4, -0.2) is 266 Å². The summed E-state index contributed by atoms with van der Waals surface area (Å²) in [6.45, 7) is 18.6. The Morgan fingerprint density at radius 1 is 0.398 bits per heavy atom. The molecule has 18 atom stereocenters. The number of aliphatic hydroxyl groups is 3. The van der Waals surface area contributed by atoms with Gasteiger partial charge in [-0.1, -0.05) is 75.7 Å². The van der Waals surface area contributed by atoms with E-state index in [-0.39, 0.29) is 68.6 Å². The number of unbranched alkanes of at least 4 members (excludes halogenated alkanes) is 1. The highest BCUT2D eigenvalue weighted by molar-refractivity contribution is 7.80. The van der Waals surface area contributed by atoms with Gasteiger partial charge in [-0.05, 0) is 114 Å². The number of carbonyl (C=O) groups excluding carboxylic acids is 16. The van der Waals surface area contributed by atoms with Gasteiger partial charge in [0.1, 0.15) is 84.6 Å². The summed E-state index contributed by atoms with van der Waals surface area (Å²) in [4.78, 5) is 244. The van der Waals surface area contributed by atoms with Crippen molar-refractivity contribution < 1.29 is 112 Å². The number of aliphatic carboxylic acids is 2. The number of rotatable bonds is 54. The Balaban J connectivity index is 3.52. The molecule has 1 aliphatic heterocycles. The van der Waals surface area contributed by atoms with E-state index in [1.165, 1.54) is 0 Å². The first-order chi connectivity index (χ1) is 52.7. The van der Waals surface area contributed by atoms with E-state index >= 15 is 0 Å². The first-order valence-electron chi connectivity index (χ1n) is 37.6. The molecule has 0 aromatic rings. The van der Waals surface area contributed by atoms with E-state index in [9.17, 15) is 112 Å². The van der Waals surface area contributed by atoms with E-state index in [4.69, 9.17) is 17.2 Å². The molecule has 1 saturated heterocycles. The van der Waals surface area contributed by atoms with Gasteiger partial charge in [0.15, 0.2) is 0 Å². The Morgan fingerprint density at radius 2 is 0.708 bits per heavy atom. The normalized spacial score (nSPS) is 17.2. The zero-order valence-corrected chi connectivity index (χ0v) is 67.9. The van der Waals surface area contributed by atoms with Gasteiger partial charge in [-0.25, -0.2) is 4.79 Å². The summed E-state index contributed by atoms with van der Waals surface area (Å²) >= 11 is 8.12. The van der Waals surface area contributed by atoms with Crippen molar-refractivity contribution in [1.82, 2.24) is 79.8 Å². The minimum absolute atomic E-state index is 0.0418. The molecule has 0 radical (unpaired) electrons. The molecule has 1 rings (SSSR count). The third-order valence-corrected chi connectivity index (χ3v) is 18.5. The summed E-state index contributed by atoms with van der Waals surface area (Å²) in [6, 6.07) is -24.0. The zero-order chi connectivity index (χ0) is 86.4. The molecule has 26 N–H and O–H groups in total. The number of amides is 16. The van der Waals surface area contributed by atoms with Crippen molar-refractivity contribution in [2.45, 2.75) is 269 Å². The first-order valence-corrected chi connectivity index (χ1v) is 38.9. The van der Waals surface area contributed by atoms with Crippen LogP contribution in [0.3, 0.4) is 0 Å². The Hall–Kier alpha value is -9.04. The SMILES string of the molecule is CC[C@H](C)[C@H](NC(=O)[C@H](CCCCN)NC(=O)[C@H](CC(C)C)NC(=O)[C@H](CC(=O)O)NC(=O)[C@H](CS)NC(=O)[C@@H](NC(=O)[C@@H](NC(=O)[C@H](CC(N)=O)NC(=O)[C@H](CC(C)C)NC(=O)[C@H](CC(C)C)NC(=O)[C@H](CC(C)C)NC(=O)[C@H](CC(N)=O)NC(=O)[C@H](CO)NC(=O)[C@@H]1CCCN1)[C@@H](C)O)[C@@H](C)O)C(=O)N[C@@H](CS)C(=O)O. The summed E-state index contributed by atoms with van der Waals surface area (Å²) in [5.41, 5.74) is 16.7. The zero-order valence-electron chi connectivity index (χ0n) is 66.1. The van der Waals surface area contributed by atoms with Crippen molar-refractivity contribution in [2.75, 3.05) is 31.2 Å². The van der Waals surface area contributed by atoms with Gasteiger partial charge in [0, 0.05) is 11.5 Å². The predicted molar refractivity (Wildman–Crippen MR) is 414 cm³/mol. The van der Waals surface area contributed by atoms with Crippen LogP contribution < -0.4 is 97.0 Å². The lowest BCUT2D eigenvalue weighted by atomic mass is 9.97. The van der Waals surface area contributed by atoms with Gasteiger partial charge in [-0.3, -0.25) is 81.5 Å². The number of thiol groups is 2. The minimum atomic E-state index is -2.09. The molecule has 0 aromatic carbocycles. The number of nitrogens with two attached hydrogens (primary N) is 3. The molecular formula is C70H122N18O23S2. The van der Waals surface area contributed by atoms with E-state index in [0.717, 1.165) is 13.8 Å². The van der Waals surface area contributed by atoms with E-state index in [1.54, 1.807) is 69.2 Å². The number of hydrogen-bond donors (Lipinski definition) is 25. The molecule has 0 bridgehead atoms. The van der Waals surface area contributed by atoms with Crippen molar-refractivity contribution in [3.8, 4) is 0 Å². The topological polar surface area (TPSA) is 667 Å². The molecule has 0 saturated carbocycles. The molecule has 41 nitrogen and oxygen atoms in total. The number of primary amides is 2. The molecule has 642 valence electrons. The molecule has 43 heteroatoms. The molecular weight excluding hydrogens is 1530 g/mol. The number of carboxylic acids is 2. The molecule has 0 aromatic heterocycles. The predicted octanol–water partition coefficient (Wildman–Crippen LogP) is -7.19. The van der Waals surface area contributed by atoms with Crippen molar-refractivity contribution in [1.29, 1.82) is 0 Å². The van der Waals surface area contributed by atoms with Crippen LogP contribution in [0.5, 0.6) is 0 Å². The monoisotopic (exact) mass is 1650 g/mol. The fraction of sp³-hybridized carbons (Fsp3) is 0.743. The quantitative estimate of drug-likeness (QED) is 0.0199. The van der Waals surface area contributed by atoms with Crippen LogP contribution in [-0.2, 0) is 86.3 Å². The van der Waals surface area contributed by atoms with E-state index in [2.05, 4.69) is 105 Å². The lowest BCUT2D eigenvalue weighted by molar-refractivity contribution is -0.142. The molecule has 1 aliphatic rings. The number of carbonyl (C=O) groups is 18. The summed E-state index contributed by atoms with van der Waals surface area (Å²) in [5.74, 6) is -23.2. The van der Waals surface area contributed by atoms with Crippen molar-refractivity contribution in [3.63, 3.8) is 0 Å². The maximum atomic E-state index is 14.4. The second kappa shape index (κ2) is 51.6. The van der Waals surface area contributed by atoms with Gasteiger partial charge < -0.3 is 122 Å². The van der Waals surface area contributed by atoms with Gasteiger partial charge in [-0.15, -0.1) is 0 Å². The molecule has 0 spiro atoms. The van der Waals surface area contributed by atoms with Crippen LogP contribution in [0.1, 0.15) is 167 Å². The average Bonchev–Trinajstić information content (AvgIpc) is 1.21. The molecule has 16 amide bonds. The minimum Gasteiger partial charge on any atom is -0.481 e. The maximum Gasteiger partial charge on any atom is 0.327 e. The highest BCUT2D eigenvalue weighted by Gasteiger charge is 2.41. The fourth-order valence-electron chi connectivity index (χ4n) is 11.5. The number of aliphatic hydroxyl groups excluding tert-OH is 3. The largest absolute Gasteiger partial charge is 0.481 e. The second-order valence-corrected chi connectivity index (χ2v) is 30.5. The van der Waals surface area contributed by atoms with E-state index < -0.39 is 253 Å². The van der Waals surface area contributed by atoms with Crippen molar-refractivity contribution in [3.05, 3.63) is 0 Å². The number of nitrogens with one attached hydrogen (secondary N) is 15. The summed E-state index contributed by atoms with van der Waals surface area (Å²) in [5, 5.41) is 87.5. The molecule has 0 aliphatic carbocycles. The van der Waals surface area contributed by atoms with E-state index in [1.807, 2.05) is 0 Å². The van der Waals surface area contributed by atoms with Crippen molar-refractivity contribution >= 4 is 132 Å². The Bertz CT molecular complexity index is 3260. The Kier molecular flexibility index (Phi) is 46.6. The van der Waals surface area contributed by atoms with E-state index in [0.29, 0.717) is 32.2 Å². The fourth-order valence-corrected chi connectivity index (χ4v) is 12.0. The first kappa shape index (κ1) is 102.